The average molecular weight is 182 g/mol. The molecule has 0 unspecified atom stereocenters. The molecule has 0 rings (SSSR count). The minimum absolute atomic E-state index is 0.276. The highest BCUT2D eigenvalue weighted by Crippen LogP contribution is 2.38. The van der Waals surface area contributed by atoms with Gasteiger partial charge in [-0.2, -0.15) is 0 Å². The van der Waals surface area contributed by atoms with Gasteiger partial charge in [-0.1, -0.05) is 47.6 Å². The molecule has 0 N–H and O–H groups in total. The monoisotopic (exact) mass is 182 g/mol. The number of hydrogen-bond donors (Lipinski definition) is 0. The molecule has 0 aliphatic carbocycles. The van der Waals surface area contributed by atoms with Crippen LogP contribution >= 0.6 is 0 Å². The number of allylic oxidation sites excluding steroid dienone is 1. The zero-order chi connectivity index (χ0) is 10.7. The van der Waals surface area contributed by atoms with Crippen molar-refractivity contribution in [1.82, 2.24) is 0 Å². The summed E-state index contributed by atoms with van der Waals surface area (Å²) in [6, 6.07) is 0. The quantitative estimate of drug-likeness (QED) is 0.542. The van der Waals surface area contributed by atoms with Crippen LogP contribution in [0.1, 0.15) is 54.4 Å². The van der Waals surface area contributed by atoms with Gasteiger partial charge >= 0.3 is 0 Å². The summed E-state index contributed by atoms with van der Waals surface area (Å²) in [4.78, 5) is 0. The minimum Gasteiger partial charge on any atom is -0.103 e. The van der Waals surface area contributed by atoms with E-state index in [-0.39, 0.29) is 5.41 Å². The van der Waals surface area contributed by atoms with Crippen molar-refractivity contribution in [2.75, 3.05) is 0 Å². The summed E-state index contributed by atoms with van der Waals surface area (Å²) in [6.07, 6.45) is 4.60. The Balaban J connectivity index is 4.23. The lowest BCUT2D eigenvalue weighted by atomic mass is 9.71. The Bertz CT molecular complexity index is 161. The SMILES string of the molecule is C=CC(C)(C)CC(C)(C)CC(C)C. The van der Waals surface area contributed by atoms with Crippen molar-refractivity contribution in [1.29, 1.82) is 0 Å². The molecule has 13 heavy (non-hydrogen) atoms. The third-order valence-electron chi connectivity index (χ3n) is 2.45. The van der Waals surface area contributed by atoms with Gasteiger partial charge in [-0.05, 0) is 29.6 Å². The highest BCUT2D eigenvalue weighted by molar-refractivity contribution is 4.91. The molecular formula is C13H26. The van der Waals surface area contributed by atoms with E-state index in [4.69, 9.17) is 0 Å². The second kappa shape index (κ2) is 4.30. The molecule has 0 aliphatic rings. The maximum Gasteiger partial charge on any atom is -0.0172 e. The van der Waals surface area contributed by atoms with Crippen molar-refractivity contribution < 1.29 is 0 Å². The van der Waals surface area contributed by atoms with Crippen molar-refractivity contribution >= 4 is 0 Å². The van der Waals surface area contributed by atoms with Gasteiger partial charge in [-0.25, -0.2) is 0 Å². The highest BCUT2D eigenvalue weighted by Gasteiger charge is 2.26. The van der Waals surface area contributed by atoms with Crippen LogP contribution in [0.3, 0.4) is 0 Å². The van der Waals surface area contributed by atoms with Crippen molar-refractivity contribution in [3.63, 3.8) is 0 Å². The summed E-state index contributed by atoms with van der Waals surface area (Å²) in [7, 11) is 0. The van der Waals surface area contributed by atoms with Crippen LogP contribution in [0.5, 0.6) is 0 Å². The second-order valence-electron chi connectivity index (χ2n) is 6.13. The third kappa shape index (κ3) is 5.90. The molecule has 0 saturated carbocycles. The Hall–Kier alpha value is -0.260. The first-order chi connectivity index (χ1) is 5.68. The van der Waals surface area contributed by atoms with Crippen LogP contribution in [0.15, 0.2) is 12.7 Å². The van der Waals surface area contributed by atoms with E-state index in [1.807, 2.05) is 0 Å². The van der Waals surface area contributed by atoms with E-state index in [1.54, 1.807) is 0 Å². The summed E-state index contributed by atoms with van der Waals surface area (Å²) in [5.41, 5.74) is 0.713. The molecule has 0 radical (unpaired) electrons. The van der Waals surface area contributed by atoms with E-state index >= 15 is 0 Å². The van der Waals surface area contributed by atoms with E-state index in [2.05, 4.69) is 54.2 Å². The number of hydrogen-bond acceptors (Lipinski definition) is 0. The van der Waals surface area contributed by atoms with Crippen LogP contribution in [-0.4, -0.2) is 0 Å². The first kappa shape index (κ1) is 12.7. The van der Waals surface area contributed by atoms with Crippen molar-refractivity contribution in [2.24, 2.45) is 16.7 Å². The molecule has 0 amide bonds. The van der Waals surface area contributed by atoms with Gasteiger partial charge in [-0.15, -0.1) is 6.58 Å². The fraction of sp³-hybridized carbons (Fsp3) is 0.846. The standard InChI is InChI=1S/C13H26/c1-8-12(4,5)10-13(6,7)9-11(2)3/h8,11H,1,9-10H2,2-7H3. The highest BCUT2D eigenvalue weighted by atomic mass is 14.3. The van der Waals surface area contributed by atoms with Gasteiger partial charge in [0.2, 0.25) is 0 Å². The zero-order valence-electron chi connectivity index (χ0n) is 10.3. The predicted molar refractivity (Wildman–Crippen MR) is 61.8 cm³/mol. The van der Waals surface area contributed by atoms with Crippen molar-refractivity contribution in [3.05, 3.63) is 12.7 Å². The van der Waals surface area contributed by atoms with E-state index in [0.717, 1.165) is 5.92 Å². The van der Waals surface area contributed by atoms with E-state index in [0.29, 0.717) is 5.41 Å². The molecule has 0 spiro atoms. The molecule has 0 bridgehead atoms. The summed E-state index contributed by atoms with van der Waals surface area (Å²) in [5, 5.41) is 0. The summed E-state index contributed by atoms with van der Waals surface area (Å²) >= 11 is 0. The topological polar surface area (TPSA) is 0 Å². The van der Waals surface area contributed by atoms with Crippen LogP contribution in [-0.2, 0) is 0 Å². The Labute approximate surface area is 84.4 Å². The van der Waals surface area contributed by atoms with Gasteiger partial charge in [0.15, 0.2) is 0 Å². The maximum atomic E-state index is 3.90. The van der Waals surface area contributed by atoms with Crippen molar-refractivity contribution in [3.8, 4) is 0 Å². The van der Waals surface area contributed by atoms with Crippen molar-refractivity contribution in [2.45, 2.75) is 54.4 Å². The molecule has 0 heteroatoms. The zero-order valence-corrected chi connectivity index (χ0v) is 10.3. The minimum atomic E-state index is 0.276. The summed E-state index contributed by atoms with van der Waals surface area (Å²) in [6.45, 7) is 17.7. The lowest BCUT2D eigenvalue weighted by Gasteiger charge is -2.34. The third-order valence-corrected chi connectivity index (χ3v) is 2.45. The van der Waals surface area contributed by atoms with Crippen LogP contribution < -0.4 is 0 Å². The van der Waals surface area contributed by atoms with Crippen LogP contribution in [0.2, 0.25) is 0 Å². The molecule has 0 aliphatic heterocycles. The van der Waals surface area contributed by atoms with Crippen LogP contribution in [0, 0.1) is 16.7 Å². The lowest BCUT2D eigenvalue weighted by molar-refractivity contribution is 0.198. The first-order valence-electron chi connectivity index (χ1n) is 5.32. The van der Waals surface area contributed by atoms with E-state index in [9.17, 15) is 0 Å². The maximum absolute atomic E-state index is 3.90. The Morgan fingerprint density at radius 1 is 1.15 bits per heavy atom. The van der Waals surface area contributed by atoms with Gasteiger partial charge in [0.1, 0.15) is 0 Å². The van der Waals surface area contributed by atoms with Gasteiger partial charge < -0.3 is 0 Å². The molecule has 0 aromatic rings. The summed E-state index contributed by atoms with van der Waals surface area (Å²) in [5.74, 6) is 0.788. The number of rotatable bonds is 5. The molecule has 0 nitrogen and oxygen atoms in total. The van der Waals surface area contributed by atoms with Crippen LogP contribution in [0.4, 0.5) is 0 Å². The average Bonchev–Trinajstić information content (AvgIpc) is 1.81. The Kier molecular flexibility index (Phi) is 4.22. The molecule has 0 aromatic heterocycles. The summed E-state index contributed by atoms with van der Waals surface area (Å²) < 4.78 is 0. The molecule has 0 atom stereocenters. The van der Waals surface area contributed by atoms with E-state index < -0.39 is 0 Å². The molecule has 78 valence electrons. The fourth-order valence-electron chi connectivity index (χ4n) is 2.48. The molecule has 0 saturated heterocycles. The molecular weight excluding hydrogens is 156 g/mol. The fourth-order valence-corrected chi connectivity index (χ4v) is 2.48. The van der Waals surface area contributed by atoms with Gasteiger partial charge in [-0.3, -0.25) is 0 Å². The van der Waals surface area contributed by atoms with Gasteiger partial charge in [0, 0.05) is 0 Å². The normalized spacial score (nSPS) is 13.5. The first-order valence-corrected chi connectivity index (χ1v) is 5.32. The second-order valence-corrected chi connectivity index (χ2v) is 6.13. The molecule has 0 aromatic carbocycles. The Morgan fingerprint density at radius 2 is 1.62 bits per heavy atom. The predicted octanol–water partition coefficient (Wildman–Crippen LogP) is 4.66. The smallest absolute Gasteiger partial charge is 0.0172 e. The van der Waals surface area contributed by atoms with E-state index in [1.165, 1.54) is 12.8 Å². The largest absolute Gasteiger partial charge is 0.103 e. The molecule has 0 fully saturated rings. The van der Waals surface area contributed by atoms with Gasteiger partial charge in [0.25, 0.3) is 0 Å². The van der Waals surface area contributed by atoms with Gasteiger partial charge in [0.05, 0.1) is 0 Å². The van der Waals surface area contributed by atoms with Crippen LogP contribution in [0.25, 0.3) is 0 Å². The lowest BCUT2D eigenvalue weighted by Crippen LogP contribution is -2.23. The molecule has 0 heterocycles. The Morgan fingerprint density at radius 3 is 1.92 bits per heavy atom.